The summed E-state index contributed by atoms with van der Waals surface area (Å²) in [6.45, 7) is 2.94. The zero-order valence-electron chi connectivity index (χ0n) is 10.7. The van der Waals surface area contributed by atoms with Crippen molar-refractivity contribution in [2.75, 3.05) is 18.1 Å². The van der Waals surface area contributed by atoms with E-state index in [1.807, 2.05) is 11.5 Å². The van der Waals surface area contributed by atoms with E-state index in [1.165, 1.54) is 6.33 Å². The van der Waals surface area contributed by atoms with Gasteiger partial charge >= 0.3 is 0 Å². The zero-order chi connectivity index (χ0) is 13.4. The minimum Gasteiger partial charge on any atom is -0.394 e. The molecule has 0 unspecified atom stereocenters. The molecule has 0 aliphatic carbocycles. The Balaban J connectivity index is 2.07. The summed E-state index contributed by atoms with van der Waals surface area (Å²) in [4.78, 5) is 14.6. The summed E-state index contributed by atoms with van der Waals surface area (Å²) in [5.41, 5.74) is 1.41. The molecule has 2 atom stereocenters. The van der Waals surface area contributed by atoms with Gasteiger partial charge in [0.2, 0.25) is 0 Å². The molecule has 1 aliphatic rings. The van der Waals surface area contributed by atoms with Gasteiger partial charge in [0, 0.05) is 13.0 Å². The molecule has 0 bridgehead atoms. The number of aromatic nitrogens is 4. The van der Waals surface area contributed by atoms with Crippen molar-refractivity contribution in [3.8, 4) is 0 Å². The van der Waals surface area contributed by atoms with Gasteiger partial charge in [-0.1, -0.05) is 0 Å². The van der Waals surface area contributed by atoms with Crippen LogP contribution in [0, 0.1) is 0 Å². The van der Waals surface area contributed by atoms with Crippen molar-refractivity contribution in [3.05, 3.63) is 12.7 Å². The highest BCUT2D eigenvalue weighted by Gasteiger charge is 2.34. The van der Waals surface area contributed by atoms with Crippen LogP contribution in [0.3, 0.4) is 0 Å². The van der Waals surface area contributed by atoms with Crippen molar-refractivity contribution >= 4 is 17.0 Å². The molecule has 0 amide bonds. The number of nitrogens with zero attached hydrogens (tertiary/aromatic N) is 5. The van der Waals surface area contributed by atoms with Crippen LogP contribution in [0.5, 0.6) is 0 Å². The van der Waals surface area contributed by atoms with Crippen molar-refractivity contribution in [2.45, 2.75) is 32.1 Å². The topological polar surface area (TPSA) is 67.1 Å². The maximum atomic E-state index is 13.5. The van der Waals surface area contributed by atoms with Gasteiger partial charge in [0.05, 0.1) is 25.5 Å². The zero-order valence-corrected chi connectivity index (χ0v) is 10.7. The van der Waals surface area contributed by atoms with E-state index in [4.69, 9.17) is 0 Å². The van der Waals surface area contributed by atoms with Crippen molar-refractivity contribution in [1.29, 1.82) is 0 Å². The molecule has 3 rings (SSSR count). The van der Waals surface area contributed by atoms with Gasteiger partial charge < -0.3 is 14.6 Å². The fourth-order valence-corrected chi connectivity index (χ4v) is 2.60. The molecule has 2 aromatic heterocycles. The molecule has 19 heavy (non-hydrogen) atoms. The Kier molecular flexibility index (Phi) is 3.06. The van der Waals surface area contributed by atoms with Crippen LogP contribution >= 0.6 is 0 Å². The second kappa shape index (κ2) is 4.73. The minimum absolute atomic E-state index is 0.0829. The third-order valence-corrected chi connectivity index (χ3v) is 3.57. The van der Waals surface area contributed by atoms with Crippen molar-refractivity contribution in [3.63, 3.8) is 0 Å². The molecule has 0 spiro atoms. The van der Waals surface area contributed by atoms with Crippen LogP contribution < -0.4 is 4.90 Å². The van der Waals surface area contributed by atoms with Crippen molar-refractivity contribution < 1.29 is 9.50 Å². The number of aliphatic hydroxyl groups is 1. The standard InChI is InChI=1S/C12H16FN5O/c1-2-17-7-16-10-11(17)14-6-15-12(10)18-4-8(13)3-9(18)5-19/h6-9,19H,2-5H2,1H3/t8-,9-/m0/s1. The van der Waals surface area contributed by atoms with Crippen LogP contribution in [0.2, 0.25) is 0 Å². The largest absolute Gasteiger partial charge is 0.394 e. The average Bonchev–Trinajstić information content (AvgIpc) is 3.01. The Morgan fingerprint density at radius 2 is 2.26 bits per heavy atom. The lowest BCUT2D eigenvalue weighted by Crippen LogP contribution is -2.33. The Labute approximate surface area is 109 Å². The van der Waals surface area contributed by atoms with Crippen LogP contribution in [0.1, 0.15) is 13.3 Å². The summed E-state index contributed by atoms with van der Waals surface area (Å²) in [5.74, 6) is 0.608. The van der Waals surface area contributed by atoms with E-state index in [-0.39, 0.29) is 19.2 Å². The molecule has 102 valence electrons. The van der Waals surface area contributed by atoms with Crippen LogP contribution in [-0.4, -0.2) is 50.0 Å². The fraction of sp³-hybridized carbons (Fsp3) is 0.583. The van der Waals surface area contributed by atoms with Gasteiger partial charge in [0.15, 0.2) is 17.0 Å². The SMILES string of the molecule is CCn1cnc2c(N3C[C@@H](F)C[C@H]3CO)ncnc21. The molecular weight excluding hydrogens is 249 g/mol. The molecule has 0 aromatic carbocycles. The van der Waals surface area contributed by atoms with Gasteiger partial charge in [0.25, 0.3) is 0 Å². The number of hydrogen-bond donors (Lipinski definition) is 1. The molecule has 6 nitrogen and oxygen atoms in total. The Morgan fingerprint density at radius 3 is 3.00 bits per heavy atom. The number of halogens is 1. The van der Waals surface area contributed by atoms with Crippen LogP contribution in [0.4, 0.5) is 10.2 Å². The van der Waals surface area contributed by atoms with E-state index in [9.17, 15) is 9.50 Å². The Bertz CT molecular complexity index is 587. The van der Waals surface area contributed by atoms with Crippen LogP contribution in [0.25, 0.3) is 11.2 Å². The molecular formula is C12H16FN5O. The number of aryl methyl sites for hydroxylation is 1. The molecule has 1 fully saturated rings. The summed E-state index contributed by atoms with van der Waals surface area (Å²) < 4.78 is 15.5. The number of imidazole rings is 1. The second-order valence-corrected chi connectivity index (χ2v) is 4.72. The fourth-order valence-electron chi connectivity index (χ4n) is 2.60. The number of alkyl halides is 1. The van der Waals surface area contributed by atoms with Gasteiger partial charge in [-0.05, 0) is 6.92 Å². The Hall–Kier alpha value is -1.76. The molecule has 1 saturated heterocycles. The first-order valence-corrected chi connectivity index (χ1v) is 6.42. The predicted molar refractivity (Wildman–Crippen MR) is 68.7 cm³/mol. The summed E-state index contributed by atoms with van der Waals surface area (Å²) in [6.07, 6.45) is 2.57. The van der Waals surface area contributed by atoms with Gasteiger partial charge in [-0.15, -0.1) is 0 Å². The van der Waals surface area contributed by atoms with E-state index in [0.717, 1.165) is 12.2 Å². The highest BCUT2D eigenvalue weighted by molar-refractivity contribution is 5.83. The third kappa shape index (κ3) is 1.94. The van der Waals surface area contributed by atoms with Gasteiger partial charge in [-0.2, -0.15) is 0 Å². The van der Waals surface area contributed by atoms with Crippen LogP contribution in [-0.2, 0) is 6.54 Å². The third-order valence-electron chi connectivity index (χ3n) is 3.57. The number of hydrogen-bond acceptors (Lipinski definition) is 5. The smallest absolute Gasteiger partial charge is 0.165 e. The lowest BCUT2D eigenvalue weighted by atomic mass is 10.2. The Morgan fingerprint density at radius 1 is 1.42 bits per heavy atom. The molecule has 3 heterocycles. The average molecular weight is 265 g/mol. The number of anilines is 1. The summed E-state index contributed by atoms with van der Waals surface area (Å²) in [5, 5.41) is 9.36. The van der Waals surface area contributed by atoms with Gasteiger partial charge in [0.1, 0.15) is 12.5 Å². The van der Waals surface area contributed by atoms with E-state index in [0.29, 0.717) is 17.8 Å². The van der Waals surface area contributed by atoms with E-state index < -0.39 is 6.17 Å². The summed E-state index contributed by atoms with van der Waals surface area (Å²) in [6, 6.07) is -0.236. The first-order valence-electron chi connectivity index (χ1n) is 6.42. The summed E-state index contributed by atoms with van der Waals surface area (Å²) in [7, 11) is 0. The quantitative estimate of drug-likeness (QED) is 0.887. The summed E-state index contributed by atoms with van der Waals surface area (Å²) >= 11 is 0. The maximum Gasteiger partial charge on any atom is 0.165 e. The van der Waals surface area contributed by atoms with E-state index in [2.05, 4.69) is 15.0 Å². The first kappa shape index (κ1) is 12.3. The van der Waals surface area contributed by atoms with Crippen molar-refractivity contribution in [2.24, 2.45) is 0 Å². The molecule has 1 N–H and O–H groups in total. The molecule has 0 saturated carbocycles. The number of fused-ring (bicyclic) bond motifs is 1. The maximum absolute atomic E-state index is 13.5. The van der Waals surface area contributed by atoms with Crippen LogP contribution in [0.15, 0.2) is 12.7 Å². The number of aliphatic hydroxyl groups excluding tert-OH is 1. The lowest BCUT2D eigenvalue weighted by Gasteiger charge is -2.23. The van der Waals surface area contributed by atoms with E-state index in [1.54, 1.807) is 11.2 Å². The molecule has 2 aromatic rings. The van der Waals surface area contributed by atoms with Gasteiger partial charge in [-0.25, -0.2) is 19.3 Å². The van der Waals surface area contributed by atoms with Gasteiger partial charge in [-0.3, -0.25) is 0 Å². The predicted octanol–water partition coefficient (Wildman–Crippen LogP) is 0.755. The highest BCUT2D eigenvalue weighted by Crippen LogP contribution is 2.29. The highest BCUT2D eigenvalue weighted by atomic mass is 19.1. The van der Waals surface area contributed by atoms with E-state index >= 15 is 0 Å². The molecule has 7 heteroatoms. The number of rotatable bonds is 3. The van der Waals surface area contributed by atoms with Crippen molar-refractivity contribution in [1.82, 2.24) is 19.5 Å². The normalized spacial score (nSPS) is 23.4. The second-order valence-electron chi connectivity index (χ2n) is 4.72. The minimum atomic E-state index is -0.935. The lowest BCUT2D eigenvalue weighted by molar-refractivity contribution is 0.255. The molecule has 0 radical (unpaired) electrons. The monoisotopic (exact) mass is 265 g/mol. The molecule has 1 aliphatic heterocycles. The first-order chi connectivity index (χ1) is 9.24.